The van der Waals surface area contributed by atoms with Gasteiger partial charge in [-0.15, -0.1) is 0 Å². The van der Waals surface area contributed by atoms with Crippen LogP contribution in [-0.4, -0.2) is 36.5 Å². The summed E-state index contributed by atoms with van der Waals surface area (Å²) in [5.74, 6) is 0.783. The van der Waals surface area contributed by atoms with Crippen molar-refractivity contribution >= 4 is 23.6 Å². The fraction of sp³-hybridized carbons (Fsp3) is 0.286. The molecule has 0 unspecified atom stereocenters. The van der Waals surface area contributed by atoms with E-state index in [9.17, 15) is 4.79 Å². The Morgan fingerprint density at radius 2 is 1.85 bits per heavy atom. The van der Waals surface area contributed by atoms with Crippen LogP contribution in [-0.2, 0) is 7.05 Å². The van der Waals surface area contributed by atoms with Crippen molar-refractivity contribution in [1.82, 2.24) is 9.13 Å². The van der Waals surface area contributed by atoms with Crippen LogP contribution in [0.15, 0.2) is 34.1 Å². The second-order valence-electron chi connectivity index (χ2n) is 4.64. The number of imidazole rings is 1. The zero-order valence-corrected chi connectivity index (χ0v) is 12.7. The monoisotopic (exact) mass is 292 g/mol. The van der Waals surface area contributed by atoms with E-state index < -0.39 is 0 Å². The molecular formula is C14H17ClN4O. The van der Waals surface area contributed by atoms with Gasteiger partial charge in [-0.1, -0.05) is 11.6 Å². The molecule has 0 aliphatic carbocycles. The van der Waals surface area contributed by atoms with Gasteiger partial charge in [0, 0.05) is 39.4 Å². The summed E-state index contributed by atoms with van der Waals surface area (Å²) in [6, 6.07) is 7.18. The molecule has 2 rings (SSSR count). The maximum Gasteiger partial charge on any atom is 0.334 e. The Morgan fingerprint density at radius 3 is 2.35 bits per heavy atom. The van der Waals surface area contributed by atoms with Crippen molar-refractivity contribution < 1.29 is 0 Å². The fourth-order valence-corrected chi connectivity index (χ4v) is 2.25. The summed E-state index contributed by atoms with van der Waals surface area (Å²) < 4.78 is 3.23. The summed E-state index contributed by atoms with van der Waals surface area (Å²) in [7, 11) is 7.21. The quantitative estimate of drug-likeness (QED) is 0.812. The molecule has 0 amide bonds. The van der Waals surface area contributed by atoms with Crippen molar-refractivity contribution in [2.45, 2.75) is 0 Å². The molecule has 20 heavy (non-hydrogen) atoms. The SMILES string of the molecule is CN=Cc1c(N(C)C)n(-c2ccc(Cl)cc2)c(=O)n1C. The smallest absolute Gasteiger partial charge is 0.334 e. The molecule has 6 heteroatoms. The number of aromatic nitrogens is 2. The van der Waals surface area contributed by atoms with Gasteiger partial charge >= 0.3 is 5.69 Å². The first-order valence-electron chi connectivity index (χ1n) is 6.14. The summed E-state index contributed by atoms with van der Waals surface area (Å²) in [4.78, 5) is 18.4. The normalized spacial score (nSPS) is 11.2. The van der Waals surface area contributed by atoms with Gasteiger partial charge in [-0.05, 0) is 24.3 Å². The molecule has 0 radical (unpaired) electrons. The number of hydrogen-bond donors (Lipinski definition) is 0. The molecule has 1 heterocycles. The number of benzene rings is 1. The predicted molar refractivity (Wildman–Crippen MR) is 83.9 cm³/mol. The molecule has 0 saturated heterocycles. The van der Waals surface area contributed by atoms with Gasteiger partial charge in [0.1, 0.15) is 11.5 Å². The van der Waals surface area contributed by atoms with E-state index >= 15 is 0 Å². The van der Waals surface area contributed by atoms with Crippen LogP contribution in [0, 0.1) is 0 Å². The summed E-state index contributed by atoms with van der Waals surface area (Å²) >= 11 is 5.90. The van der Waals surface area contributed by atoms with Gasteiger partial charge in [0.2, 0.25) is 0 Å². The second kappa shape index (κ2) is 5.54. The van der Waals surface area contributed by atoms with Crippen LogP contribution in [0.25, 0.3) is 5.69 Å². The van der Waals surface area contributed by atoms with E-state index in [4.69, 9.17) is 11.6 Å². The van der Waals surface area contributed by atoms with Crippen LogP contribution in [0.3, 0.4) is 0 Å². The van der Waals surface area contributed by atoms with Crippen molar-refractivity contribution in [1.29, 1.82) is 0 Å². The molecule has 0 saturated carbocycles. The summed E-state index contributed by atoms with van der Waals surface area (Å²) in [6.07, 6.45) is 1.68. The average molecular weight is 293 g/mol. The third-order valence-electron chi connectivity index (χ3n) is 3.04. The first-order valence-corrected chi connectivity index (χ1v) is 6.52. The third-order valence-corrected chi connectivity index (χ3v) is 3.29. The number of rotatable bonds is 3. The topological polar surface area (TPSA) is 42.5 Å². The fourth-order valence-electron chi connectivity index (χ4n) is 2.13. The Morgan fingerprint density at radius 1 is 1.25 bits per heavy atom. The molecule has 106 valence electrons. The van der Waals surface area contributed by atoms with Crippen LogP contribution in [0.1, 0.15) is 5.69 Å². The standard InChI is InChI=1S/C14H17ClN4O/c1-16-9-12-13(17(2)3)19(14(20)18(12)4)11-7-5-10(15)6-8-11/h5-9H,1-4H3. The molecule has 0 aliphatic rings. The number of nitrogens with zero attached hydrogens (tertiary/aromatic N) is 4. The Balaban J connectivity index is 2.78. The molecule has 0 spiro atoms. The lowest BCUT2D eigenvalue weighted by molar-refractivity contribution is 0.818. The summed E-state index contributed by atoms with van der Waals surface area (Å²) in [5, 5.41) is 0.638. The van der Waals surface area contributed by atoms with Gasteiger partial charge in [-0.3, -0.25) is 9.56 Å². The third kappa shape index (κ3) is 2.36. The van der Waals surface area contributed by atoms with Crippen molar-refractivity contribution in [3.05, 3.63) is 45.5 Å². The molecule has 1 aromatic heterocycles. The minimum absolute atomic E-state index is 0.120. The van der Waals surface area contributed by atoms with Crippen molar-refractivity contribution in [2.75, 3.05) is 26.0 Å². The van der Waals surface area contributed by atoms with Gasteiger partial charge in [0.05, 0.1) is 5.69 Å². The number of aliphatic imine (C=N–C) groups is 1. The van der Waals surface area contributed by atoms with Crippen LogP contribution in [0.4, 0.5) is 5.82 Å². The van der Waals surface area contributed by atoms with Crippen LogP contribution in [0.5, 0.6) is 0 Å². The van der Waals surface area contributed by atoms with Crippen molar-refractivity contribution in [2.24, 2.45) is 12.0 Å². The van der Waals surface area contributed by atoms with Crippen LogP contribution in [0.2, 0.25) is 5.02 Å². The second-order valence-corrected chi connectivity index (χ2v) is 5.08. The lowest BCUT2D eigenvalue weighted by Gasteiger charge is -2.16. The van der Waals surface area contributed by atoms with Gasteiger partial charge in [-0.2, -0.15) is 0 Å². The zero-order valence-electron chi connectivity index (χ0n) is 12.0. The van der Waals surface area contributed by atoms with Crippen LogP contribution >= 0.6 is 11.6 Å². The Hall–Kier alpha value is -2.01. The first kappa shape index (κ1) is 14.4. The number of anilines is 1. The molecule has 5 nitrogen and oxygen atoms in total. The molecule has 0 atom stereocenters. The lowest BCUT2D eigenvalue weighted by Crippen LogP contribution is -2.23. The van der Waals surface area contributed by atoms with Crippen LogP contribution < -0.4 is 10.6 Å². The van der Waals surface area contributed by atoms with Crippen molar-refractivity contribution in [3.63, 3.8) is 0 Å². The molecular weight excluding hydrogens is 276 g/mol. The summed E-state index contributed by atoms with van der Waals surface area (Å²) in [5.41, 5.74) is 1.41. The zero-order chi connectivity index (χ0) is 14.9. The highest BCUT2D eigenvalue weighted by Crippen LogP contribution is 2.21. The van der Waals surface area contributed by atoms with Gasteiger partial charge in [-0.25, -0.2) is 9.36 Å². The maximum atomic E-state index is 12.5. The van der Waals surface area contributed by atoms with E-state index in [-0.39, 0.29) is 5.69 Å². The highest BCUT2D eigenvalue weighted by atomic mass is 35.5. The first-order chi connectivity index (χ1) is 9.47. The Kier molecular flexibility index (Phi) is 3.99. The van der Waals surface area contributed by atoms with E-state index in [0.717, 1.165) is 17.2 Å². The van der Waals surface area contributed by atoms with E-state index in [1.165, 1.54) is 0 Å². The Labute approximate surface area is 122 Å². The van der Waals surface area contributed by atoms with Gasteiger partial charge < -0.3 is 4.90 Å². The minimum atomic E-state index is -0.120. The minimum Gasteiger partial charge on any atom is -0.362 e. The van der Waals surface area contributed by atoms with Gasteiger partial charge in [0.15, 0.2) is 0 Å². The largest absolute Gasteiger partial charge is 0.362 e. The molecule has 1 aromatic carbocycles. The van der Waals surface area contributed by atoms with E-state index in [1.54, 1.807) is 41.6 Å². The highest BCUT2D eigenvalue weighted by molar-refractivity contribution is 6.30. The number of halogens is 1. The van der Waals surface area contributed by atoms with E-state index in [0.29, 0.717) is 5.02 Å². The molecule has 0 aliphatic heterocycles. The van der Waals surface area contributed by atoms with E-state index in [1.807, 2.05) is 31.1 Å². The average Bonchev–Trinajstić information content (AvgIpc) is 2.65. The summed E-state index contributed by atoms with van der Waals surface area (Å²) in [6.45, 7) is 0. The molecule has 0 fully saturated rings. The molecule has 2 aromatic rings. The maximum absolute atomic E-state index is 12.5. The Bertz CT molecular complexity index is 695. The van der Waals surface area contributed by atoms with Crippen molar-refractivity contribution in [3.8, 4) is 5.69 Å². The van der Waals surface area contributed by atoms with E-state index in [2.05, 4.69) is 4.99 Å². The van der Waals surface area contributed by atoms with Gasteiger partial charge in [0.25, 0.3) is 0 Å². The number of hydrogen-bond acceptors (Lipinski definition) is 3. The predicted octanol–water partition coefficient (Wildman–Crippen LogP) is 1.94. The lowest BCUT2D eigenvalue weighted by atomic mass is 10.3. The highest BCUT2D eigenvalue weighted by Gasteiger charge is 2.19. The molecule has 0 bridgehead atoms. The molecule has 0 N–H and O–H groups in total.